The molecule has 0 aliphatic heterocycles. The number of halogens is 5. The molecule has 0 fully saturated rings. The van der Waals surface area contributed by atoms with Crippen molar-refractivity contribution in [1.29, 1.82) is 10.5 Å². The second-order valence-corrected chi connectivity index (χ2v) is 24.0. The van der Waals surface area contributed by atoms with Crippen LogP contribution in [0.5, 0.6) is 11.5 Å². The average molecular weight is 1390 g/mol. The monoisotopic (exact) mass is 1390 g/mol. The van der Waals surface area contributed by atoms with Crippen molar-refractivity contribution < 1.29 is 55.9 Å². The molecule has 18 nitrogen and oxygen atoms in total. The number of nitriles is 2. The van der Waals surface area contributed by atoms with Gasteiger partial charge < -0.3 is 28.8 Å². The standard InChI is InChI=1S/C37H29F2N5O4S.C22H17F2N5OS.C15H13ClO3/c1-25(35-43-33(20-49-35)28-13-11-26(18-40)12-14-28)37(21-44-23-41-22-42-44,31-16-15-29(38)17-32(31)39)48-24-47-36(45)30-9-5-6-10-34(30)46-19-27-7-3-2-4-8-27;1-14(21-28-20(10-31-21)16-4-2-15(9-25)3-5-16)22(30,11-29-13-26-12-27-29)18-7-6-17(23)8-19(18)24;16-11-19-15(17)13-8-4-5-9-14(13)18-10-12-6-2-1-3-7-12/h2-17,20,22-23,25H,19,21,24H2,1H3;2-8,10,12-14,30H,11H2,1H3;1-9H,10-11H2/t25-,37?;14-,22?;/m00./s1. The molecule has 0 saturated carbocycles. The second-order valence-electron chi connectivity index (χ2n) is 22.0. The first-order valence-corrected chi connectivity index (χ1v) is 32.6. The Bertz CT molecular complexity index is 4720. The van der Waals surface area contributed by atoms with E-state index in [4.69, 9.17) is 45.5 Å². The lowest BCUT2D eigenvalue weighted by atomic mass is 9.81. The zero-order valence-electron chi connectivity index (χ0n) is 52.8. The zero-order chi connectivity index (χ0) is 69.7. The molecule has 1 N–H and O–H groups in total. The number of esters is 2. The summed E-state index contributed by atoms with van der Waals surface area (Å²) < 4.78 is 89.5. The van der Waals surface area contributed by atoms with E-state index in [0.29, 0.717) is 56.2 Å². The molecule has 8 aromatic carbocycles. The molecule has 0 aliphatic carbocycles. The molecule has 500 valence electrons. The molecule has 0 spiro atoms. The number of benzene rings is 8. The number of hydrogen-bond acceptors (Lipinski definition) is 18. The van der Waals surface area contributed by atoms with Crippen molar-refractivity contribution in [2.75, 3.05) is 12.9 Å². The number of aliphatic hydroxyl groups is 1. The van der Waals surface area contributed by atoms with Gasteiger partial charge in [0.05, 0.1) is 57.8 Å². The van der Waals surface area contributed by atoms with Crippen LogP contribution in [0, 0.1) is 45.9 Å². The number of carbonyl (C=O) groups is 2. The van der Waals surface area contributed by atoms with Crippen LogP contribution < -0.4 is 9.47 Å². The van der Waals surface area contributed by atoms with Gasteiger partial charge in [0, 0.05) is 57.0 Å². The van der Waals surface area contributed by atoms with Gasteiger partial charge in [0.15, 0.2) is 12.9 Å². The fourth-order valence-corrected chi connectivity index (χ4v) is 12.4. The van der Waals surface area contributed by atoms with Crippen LogP contribution in [0.1, 0.15) is 89.8 Å². The van der Waals surface area contributed by atoms with Gasteiger partial charge in [0.25, 0.3) is 0 Å². The third-order valence-corrected chi connectivity index (χ3v) is 17.9. The van der Waals surface area contributed by atoms with E-state index in [1.807, 2.05) is 71.4 Å². The summed E-state index contributed by atoms with van der Waals surface area (Å²) in [5.41, 5.74) is 3.07. The van der Waals surface area contributed by atoms with Crippen molar-refractivity contribution in [2.24, 2.45) is 0 Å². The Morgan fingerprint density at radius 3 is 1.46 bits per heavy atom. The van der Waals surface area contributed by atoms with Gasteiger partial charge in [-0.2, -0.15) is 20.7 Å². The van der Waals surface area contributed by atoms with Crippen LogP contribution >= 0.6 is 34.3 Å². The molecule has 12 rings (SSSR count). The molecule has 0 aliphatic rings. The summed E-state index contributed by atoms with van der Waals surface area (Å²) in [7, 11) is 0. The van der Waals surface area contributed by atoms with Gasteiger partial charge in [0.2, 0.25) is 0 Å². The van der Waals surface area contributed by atoms with Crippen LogP contribution in [0.15, 0.2) is 230 Å². The Morgan fingerprint density at radius 1 is 0.566 bits per heavy atom. The molecule has 25 heteroatoms. The molecule has 0 saturated heterocycles. The predicted molar refractivity (Wildman–Crippen MR) is 362 cm³/mol. The van der Waals surface area contributed by atoms with Crippen molar-refractivity contribution in [3.05, 3.63) is 308 Å². The Morgan fingerprint density at radius 2 is 1.01 bits per heavy atom. The molecule has 4 atom stereocenters. The molecule has 4 aromatic heterocycles. The fraction of sp³-hybridized carbons (Fsp3) is 0.162. The minimum absolute atomic E-state index is 0.00895. The van der Waals surface area contributed by atoms with E-state index in [9.17, 15) is 33.1 Å². The van der Waals surface area contributed by atoms with Gasteiger partial charge in [-0.05, 0) is 71.8 Å². The summed E-state index contributed by atoms with van der Waals surface area (Å²) in [5, 5.41) is 42.9. The number of alkyl halides is 1. The highest BCUT2D eigenvalue weighted by Crippen LogP contribution is 2.46. The van der Waals surface area contributed by atoms with Crippen molar-refractivity contribution in [1.82, 2.24) is 39.5 Å². The summed E-state index contributed by atoms with van der Waals surface area (Å²) in [6.07, 6.45) is 5.51. The van der Waals surface area contributed by atoms with Crippen LogP contribution in [0.2, 0.25) is 0 Å². The van der Waals surface area contributed by atoms with Gasteiger partial charge >= 0.3 is 11.9 Å². The molecule has 12 aromatic rings. The highest BCUT2D eigenvalue weighted by Gasteiger charge is 2.46. The van der Waals surface area contributed by atoms with Gasteiger partial charge in [-0.25, -0.2) is 56.5 Å². The summed E-state index contributed by atoms with van der Waals surface area (Å²) in [6, 6.07) is 57.1. The number of nitrogens with zero attached hydrogens (tertiary/aromatic N) is 10. The normalized spacial score (nSPS) is 12.7. The lowest BCUT2D eigenvalue weighted by Gasteiger charge is -2.38. The minimum atomic E-state index is -1.76. The van der Waals surface area contributed by atoms with Gasteiger partial charge in [-0.15, -0.1) is 22.7 Å². The average Bonchev–Trinajstić information content (AvgIpc) is 1.72. The Hall–Kier alpha value is -11.3. The SMILES string of the molecule is C[C@@H](c1nc(-c2ccc(C#N)cc2)cs1)C(Cn1cncn1)(OCOC(=O)c1ccccc1OCc1ccccc1)c1ccc(F)cc1F.C[C@@H](c1nc(-c2ccc(C#N)cc2)cs1)C(O)(Cn1cncn1)c1ccc(F)cc1F.O=C(OCCl)c1ccccc1OCc1ccccc1. The third-order valence-electron chi connectivity index (χ3n) is 15.7. The quantitative estimate of drug-likeness (QED) is 0.0256. The Balaban J connectivity index is 0.000000180. The lowest BCUT2D eigenvalue weighted by molar-refractivity contribution is -0.148. The number of para-hydroxylation sites is 2. The zero-order valence-corrected chi connectivity index (χ0v) is 55.2. The molecular weight excluding hydrogens is 1330 g/mol. The molecular formula is C74H59ClF4N10O8S2. The van der Waals surface area contributed by atoms with Gasteiger partial charge in [-0.1, -0.05) is 147 Å². The van der Waals surface area contributed by atoms with E-state index >= 15 is 4.39 Å². The number of carbonyl (C=O) groups excluding carboxylic acids is 2. The fourth-order valence-electron chi connectivity index (χ4n) is 10.4. The van der Waals surface area contributed by atoms with Crippen LogP contribution in [0.3, 0.4) is 0 Å². The van der Waals surface area contributed by atoms with E-state index in [1.165, 1.54) is 69.5 Å². The molecule has 99 heavy (non-hydrogen) atoms. The smallest absolute Gasteiger partial charge is 0.344 e. The summed E-state index contributed by atoms with van der Waals surface area (Å²) in [4.78, 5) is 42.5. The first-order chi connectivity index (χ1) is 48.1. The van der Waals surface area contributed by atoms with E-state index < -0.39 is 65.0 Å². The summed E-state index contributed by atoms with van der Waals surface area (Å²) >= 11 is 8.04. The molecule has 4 heterocycles. The summed E-state index contributed by atoms with van der Waals surface area (Å²) in [5.74, 6) is -4.93. The van der Waals surface area contributed by atoms with E-state index in [-0.39, 0.29) is 42.5 Å². The maximum absolute atomic E-state index is 15.8. The van der Waals surface area contributed by atoms with Crippen LogP contribution in [0.25, 0.3) is 22.5 Å². The number of thiazole rings is 2. The highest BCUT2D eigenvalue weighted by molar-refractivity contribution is 7.10. The van der Waals surface area contributed by atoms with E-state index in [1.54, 1.807) is 111 Å². The number of hydrogen-bond donors (Lipinski definition) is 1. The predicted octanol–water partition coefficient (Wildman–Crippen LogP) is 15.5. The molecule has 0 bridgehead atoms. The number of aromatic nitrogens is 8. The van der Waals surface area contributed by atoms with Gasteiger partial charge in [-0.3, -0.25) is 0 Å². The first kappa shape index (κ1) is 70.5. The Kier molecular flexibility index (Phi) is 24.0. The number of rotatable bonds is 24. The maximum atomic E-state index is 15.8. The molecule has 0 radical (unpaired) electrons. The highest BCUT2D eigenvalue weighted by atomic mass is 35.5. The first-order valence-electron chi connectivity index (χ1n) is 30.3. The van der Waals surface area contributed by atoms with E-state index in [0.717, 1.165) is 46.5 Å². The number of ether oxygens (including phenoxy) is 5. The summed E-state index contributed by atoms with van der Waals surface area (Å²) in [6.45, 7) is 3.39. The third kappa shape index (κ3) is 17.9. The van der Waals surface area contributed by atoms with E-state index in [2.05, 4.69) is 37.3 Å². The van der Waals surface area contributed by atoms with Crippen molar-refractivity contribution in [3.63, 3.8) is 0 Å². The van der Waals surface area contributed by atoms with Crippen molar-refractivity contribution in [3.8, 4) is 46.2 Å². The lowest BCUT2D eigenvalue weighted by Crippen LogP contribution is -2.42. The largest absolute Gasteiger partial charge is 0.488 e. The Labute approximate surface area is 579 Å². The maximum Gasteiger partial charge on any atom is 0.344 e. The topological polar surface area (TPSA) is 235 Å². The molecule has 0 amide bonds. The molecule has 2 unspecified atom stereocenters. The second kappa shape index (κ2) is 33.6. The van der Waals surface area contributed by atoms with Gasteiger partial charge in [0.1, 0.15) is 95.6 Å². The van der Waals surface area contributed by atoms with Crippen molar-refractivity contribution >= 4 is 46.2 Å². The minimum Gasteiger partial charge on any atom is -0.488 e. The van der Waals surface area contributed by atoms with Crippen LogP contribution in [-0.2, 0) is 51.7 Å². The van der Waals surface area contributed by atoms with Crippen molar-refractivity contribution in [2.45, 2.75) is 63.2 Å². The van der Waals surface area contributed by atoms with Crippen LogP contribution in [0.4, 0.5) is 17.6 Å². The van der Waals surface area contributed by atoms with Crippen LogP contribution in [-0.4, -0.2) is 69.4 Å².